The lowest BCUT2D eigenvalue weighted by Crippen LogP contribution is -2.30. The molecule has 1 aromatic carbocycles. The first-order valence-electron chi connectivity index (χ1n) is 8.53. The molecule has 0 fully saturated rings. The van der Waals surface area contributed by atoms with Gasteiger partial charge in [0.15, 0.2) is 0 Å². The Kier molecular flexibility index (Phi) is 5.37. The van der Waals surface area contributed by atoms with Crippen molar-refractivity contribution in [3.05, 3.63) is 46.3 Å². The number of fused-ring (bicyclic) bond motifs is 1. The lowest BCUT2D eigenvalue weighted by Gasteiger charge is -2.24. The molecule has 1 aliphatic rings. The minimum absolute atomic E-state index is 0.0730. The Morgan fingerprint density at radius 1 is 1.31 bits per heavy atom. The van der Waals surface area contributed by atoms with E-state index >= 15 is 0 Å². The molecule has 7 heteroatoms. The van der Waals surface area contributed by atoms with E-state index in [1.165, 1.54) is 11.3 Å². The van der Waals surface area contributed by atoms with E-state index in [1.807, 2.05) is 25.1 Å². The van der Waals surface area contributed by atoms with Crippen LogP contribution in [-0.4, -0.2) is 24.4 Å². The summed E-state index contributed by atoms with van der Waals surface area (Å²) in [6, 6.07) is 9.00. The van der Waals surface area contributed by atoms with Crippen molar-refractivity contribution in [3.8, 4) is 0 Å². The molecule has 1 atom stereocenters. The molecule has 1 aliphatic heterocycles. The highest BCUT2D eigenvalue weighted by atomic mass is 32.1. The number of esters is 1. The first-order chi connectivity index (χ1) is 12.5. The molecule has 136 valence electrons. The van der Waals surface area contributed by atoms with E-state index in [0.717, 1.165) is 16.9 Å². The number of amides is 2. The van der Waals surface area contributed by atoms with Crippen molar-refractivity contribution >= 4 is 39.8 Å². The fourth-order valence-corrected chi connectivity index (χ4v) is 3.90. The van der Waals surface area contributed by atoms with Crippen molar-refractivity contribution in [3.63, 3.8) is 0 Å². The molecule has 0 radical (unpaired) electrons. The van der Waals surface area contributed by atoms with Crippen molar-refractivity contribution in [2.75, 3.05) is 17.2 Å². The highest BCUT2D eigenvalue weighted by molar-refractivity contribution is 7.16. The molecule has 2 aromatic rings. The van der Waals surface area contributed by atoms with Gasteiger partial charge in [0.1, 0.15) is 5.00 Å². The molecule has 0 spiro atoms. The van der Waals surface area contributed by atoms with Crippen LogP contribution >= 0.6 is 11.3 Å². The topological polar surface area (TPSA) is 84.5 Å². The number of rotatable bonds is 5. The maximum atomic E-state index is 12.9. The van der Waals surface area contributed by atoms with Crippen LogP contribution in [0.25, 0.3) is 0 Å². The maximum Gasteiger partial charge on any atom is 0.341 e. The summed E-state index contributed by atoms with van der Waals surface area (Å²) in [6.45, 7) is 3.98. The standard InChI is InChI=1S/C19H20N2O4S/c1-3-11-9-14(19(24)25-4-2)18(26-11)21-17(23)13-10-16(22)20-15-8-6-5-7-12(13)15/h5-9,13H,3-4,10H2,1-2H3,(H,20,22)(H,21,23). The second kappa shape index (κ2) is 7.70. The predicted molar refractivity (Wildman–Crippen MR) is 101 cm³/mol. The zero-order valence-electron chi connectivity index (χ0n) is 14.6. The predicted octanol–water partition coefficient (Wildman–Crippen LogP) is 3.55. The third kappa shape index (κ3) is 3.62. The zero-order chi connectivity index (χ0) is 18.7. The van der Waals surface area contributed by atoms with Crippen LogP contribution in [0.1, 0.15) is 47.0 Å². The van der Waals surface area contributed by atoms with Crippen LogP contribution in [0.15, 0.2) is 30.3 Å². The van der Waals surface area contributed by atoms with E-state index in [2.05, 4.69) is 10.6 Å². The molecular weight excluding hydrogens is 352 g/mol. The highest BCUT2D eigenvalue weighted by Crippen LogP contribution is 2.35. The van der Waals surface area contributed by atoms with Crippen molar-refractivity contribution in [1.29, 1.82) is 0 Å². The third-order valence-corrected chi connectivity index (χ3v) is 5.37. The second-order valence-corrected chi connectivity index (χ2v) is 7.05. The van der Waals surface area contributed by atoms with Gasteiger partial charge in [0.25, 0.3) is 0 Å². The van der Waals surface area contributed by atoms with Crippen LogP contribution in [0.5, 0.6) is 0 Å². The summed E-state index contributed by atoms with van der Waals surface area (Å²) in [7, 11) is 0. The van der Waals surface area contributed by atoms with E-state index in [-0.39, 0.29) is 24.8 Å². The number of thiophene rings is 1. The lowest BCUT2D eigenvalue weighted by atomic mass is 9.90. The van der Waals surface area contributed by atoms with E-state index in [1.54, 1.807) is 19.1 Å². The fourth-order valence-electron chi connectivity index (χ4n) is 2.91. The van der Waals surface area contributed by atoms with Gasteiger partial charge in [-0.3, -0.25) is 9.59 Å². The minimum atomic E-state index is -0.595. The number of para-hydroxylation sites is 1. The van der Waals surface area contributed by atoms with Gasteiger partial charge in [-0.25, -0.2) is 4.79 Å². The maximum absolute atomic E-state index is 12.9. The van der Waals surface area contributed by atoms with Gasteiger partial charge >= 0.3 is 5.97 Å². The number of hydrogen-bond donors (Lipinski definition) is 2. The molecule has 0 saturated heterocycles. The largest absolute Gasteiger partial charge is 0.462 e. The molecule has 1 aromatic heterocycles. The molecule has 0 saturated carbocycles. The van der Waals surface area contributed by atoms with Gasteiger partial charge in [-0.15, -0.1) is 11.3 Å². The van der Waals surface area contributed by atoms with Crippen LogP contribution < -0.4 is 10.6 Å². The van der Waals surface area contributed by atoms with Gasteiger partial charge < -0.3 is 15.4 Å². The monoisotopic (exact) mass is 372 g/mol. The smallest absolute Gasteiger partial charge is 0.341 e. The summed E-state index contributed by atoms with van der Waals surface area (Å²) in [4.78, 5) is 38.0. The van der Waals surface area contributed by atoms with Crippen molar-refractivity contribution < 1.29 is 19.1 Å². The number of carbonyl (C=O) groups is 3. The molecule has 0 aliphatic carbocycles. The molecule has 6 nitrogen and oxygen atoms in total. The van der Waals surface area contributed by atoms with Crippen molar-refractivity contribution in [2.24, 2.45) is 0 Å². The molecule has 26 heavy (non-hydrogen) atoms. The third-order valence-electron chi connectivity index (χ3n) is 4.18. The minimum Gasteiger partial charge on any atom is -0.462 e. The Labute approximate surface area is 155 Å². The van der Waals surface area contributed by atoms with Crippen LogP contribution in [0.4, 0.5) is 10.7 Å². The summed E-state index contributed by atoms with van der Waals surface area (Å²) in [6.07, 6.45) is 0.825. The molecule has 1 unspecified atom stereocenters. The van der Waals surface area contributed by atoms with Crippen LogP contribution in [0.2, 0.25) is 0 Å². The van der Waals surface area contributed by atoms with E-state index in [0.29, 0.717) is 16.3 Å². The number of aryl methyl sites for hydroxylation is 1. The summed E-state index contributed by atoms with van der Waals surface area (Å²) in [5.41, 5.74) is 1.78. The van der Waals surface area contributed by atoms with Crippen molar-refractivity contribution in [2.45, 2.75) is 32.6 Å². The normalized spacial score (nSPS) is 15.8. The van der Waals surface area contributed by atoms with Gasteiger partial charge in [0.2, 0.25) is 11.8 Å². The molecular formula is C19H20N2O4S. The van der Waals surface area contributed by atoms with Gasteiger partial charge in [0, 0.05) is 17.0 Å². The van der Waals surface area contributed by atoms with Crippen LogP contribution in [0.3, 0.4) is 0 Å². The number of ether oxygens (including phenoxy) is 1. The first kappa shape index (κ1) is 18.1. The molecule has 2 N–H and O–H groups in total. The van der Waals surface area contributed by atoms with Gasteiger partial charge in [0.05, 0.1) is 18.1 Å². The average molecular weight is 372 g/mol. The number of benzene rings is 1. The highest BCUT2D eigenvalue weighted by Gasteiger charge is 2.31. The Morgan fingerprint density at radius 3 is 2.81 bits per heavy atom. The summed E-state index contributed by atoms with van der Waals surface area (Å²) in [5, 5.41) is 6.08. The van der Waals surface area contributed by atoms with E-state index < -0.39 is 11.9 Å². The van der Waals surface area contributed by atoms with E-state index in [9.17, 15) is 14.4 Å². The van der Waals surface area contributed by atoms with Gasteiger partial charge in [-0.2, -0.15) is 0 Å². The second-order valence-electron chi connectivity index (χ2n) is 5.91. The quantitative estimate of drug-likeness (QED) is 0.786. The van der Waals surface area contributed by atoms with Gasteiger partial charge in [-0.1, -0.05) is 25.1 Å². The summed E-state index contributed by atoms with van der Waals surface area (Å²) in [5.74, 6) is -1.56. The van der Waals surface area contributed by atoms with Crippen molar-refractivity contribution in [1.82, 2.24) is 0 Å². The Morgan fingerprint density at radius 2 is 2.08 bits per heavy atom. The Hall–Kier alpha value is -2.67. The number of hydrogen-bond acceptors (Lipinski definition) is 5. The first-order valence-corrected chi connectivity index (χ1v) is 9.34. The van der Waals surface area contributed by atoms with Crippen LogP contribution in [0, 0.1) is 0 Å². The number of anilines is 2. The van der Waals surface area contributed by atoms with E-state index in [4.69, 9.17) is 4.74 Å². The molecule has 2 heterocycles. The molecule has 0 bridgehead atoms. The Bertz CT molecular complexity index is 859. The van der Waals surface area contributed by atoms with Crippen LogP contribution in [-0.2, 0) is 20.7 Å². The molecule has 3 rings (SSSR count). The lowest BCUT2D eigenvalue weighted by molar-refractivity contribution is -0.123. The van der Waals surface area contributed by atoms with Gasteiger partial charge in [-0.05, 0) is 31.0 Å². The summed E-state index contributed by atoms with van der Waals surface area (Å²) >= 11 is 1.35. The zero-order valence-corrected chi connectivity index (χ0v) is 15.4. The summed E-state index contributed by atoms with van der Waals surface area (Å²) < 4.78 is 5.08. The fraction of sp³-hybridized carbons (Fsp3) is 0.316. The number of carbonyl (C=O) groups excluding carboxylic acids is 3. The average Bonchev–Trinajstić information content (AvgIpc) is 3.04. The SMILES string of the molecule is CCOC(=O)c1cc(CC)sc1NC(=O)C1CC(=O)Nc2ccccc21. The Balaban J connectivity index is 1.88. The molecule has 2 amide bonds. The number of nitrogens with one attached hydrogen (secondary N) is 2.